The Morgan fingerprint density at radius 1 is 0.830 bits per heavy atom. The fourth-order valence-corrected chi connectivity index (χ4v) is 10.8. The predicted molar refractivity (Wildman–Crippen MR) is 210 cm³/mol. The molecule has 2 aliphatic rings. The second-order valence-corrected chi connectivity index (χ2v) is 15.8. The first-order valence-electron chi connectivity index (χ1n) is 17.5. The number of hydrogen-bond acceptors (Lipinski definition) is 5. The van der Waals surface area contributed by atoms with E-state index in [1.165, 1.54) is 32.8 Å². The number of anilines is 2. The minimum absolute atomic E-state index is 0. The van der Waals surface area contributed by atoms with Gasteiger partial charge in [0.25, 0.3) is 0 Å². The van der Waals surface area contributed by atoms with E-state index in [-0.39, 0.29) is 33.0 Å². The first-order valence-corrected chi connectivity index (χ1v) is 19.0. The van der Waals surface area contributed by atoms with Crippen LogP contribution < -0.4 is 15.5 Å². The maximum Gasteiger partial charge on any atom is 2.00 e. The van der Waals surface area contributed by atoms with Gasteiger partial charge in [-0.3, -0.25) is 4.68 Å². The Balaban J connectivity index is 0.00000372. The molecule has 2 atom stereocenters. The molecule has 10 rings (SSSR count). The summed E-state index contributed by atoms with van der Waals surface area (Å²) in [4.78, 5) is 4.43. The van der Waals surface area contributed by atoms with Crippen LogP contribution in [0.15, 0.2) is 148 Å². The zero-order chi connectivity index (χ0) is 34.9. The van der Waals surface area contributed by atoms with E-state index in [1.807, 2.05) is 42.8 Å². The summed E-state index contributed by atoms with van der Waals surface area (Å²) in [7, 11) is 0.671. The first-order chi connectivity index (χ1) is 25.5. The molecule has 5 heterocycles. The van der Waals surface area contributed by atoms with Crippen molar-refractivity contribution in [3.8, 4) is 5.69 Å². The summed E-state index contributed by atoms with van der Waals surface area (Å²) in [6.45, 7) is 4.03. The first kappa shape index (κ1) is 33.5. The van der Waals surface area contributed by atoms with E-state index in [0.29, 0.717) is 11.7 Å². The number of fused-ring (bicyclic) bond motifs is 6. The Kier molecular flexibility index (Phi) is 8.37. The molecule has 0 saturated carbocycles. The number of nitrogens with zero attached hydrogens (tertiary/aromatic N) is 5. The standard InChI is InChI=1S/C44H34N5O2P.Pt/c1-29-25-30(2)48(45-29)40-28-50-44-37(40)27-42(51-44)47(31-15-7-4-8-16-31)41-26-36-38(46(41)3)24-23-35-34-21-13-14-22-39(34)49(43(35)36)52(32-17-9-5-10-18-32)33-19-11-6-12-20-33;/h4-25,28,36,38H,1-3H3;/q-2;+2/p+1. The van der Waals surface area contributed by atoms with E-state index in [4.69, 9.17) is 13.9 Å². The minimum Gasteiger partial charge on any atom is -0.502 e. The van der Waals surface area contributed by atoms with Crippen LogP contribution in [-0.2, 0) is 21.1 Å². The fourth-order valence-electron chi connectivity index (χ4n) is 7.99. The normalized spacial score (nSPS) is 16.2. The Hall–Kier alpha value is -5.35. The zero-order valence-electron chi connectivity index (χ0n) is 29.3. The summed E-state index contributed by atoms with van der Waals surface area (Å²) in [5.41, 5.74) is 7.48. The van der Waals surface area contributed by atoms with Crippen LogP contribution in [0.4, 0.5) is 11.6 Å². The second kappa shape index (κ2) is 13.3. The molecule has 0 N–H and O–H groups in total. The van der Waals surface area contributed by atoms with Crippen LogP contribution in [-0.4, -0.2) is 32.1 Å². The van der Waals surface area contributed by atoms with Crippen LogP contribution >= 0.6 is 8.07 Å². The number of rotatable bonds is 7. The van der Waals surface area contributed by atoms with Gasteiger partial charge < -0.3 is 24.7 Å². The third kappa shape index (κ3) is 5.37. The molecule has 0 spiro atoms. The predicted octanol–water partition coefficient (Wildman–Crippen LogP) is 9.12. The summed E-state index contributed by atoms with van der Waals surface area (Å²) in [6.07, 6.45) is 10.4. The van der Waals surface area contributed by atoms with Gasteiger partial charge in [0.1, 0.15) is 16.5 Å². The van der Waals surface area contributed by atoms with Crippen molar-refractivity contribution in [1.29, 1.82) is 0 Å². The van der Waals surface area contributed by atoms with Crippen LogP contribution in [0.1, 0.15) is 28.6 Å². The molecule has 1 aliphatic heterocycles. The summed E-state index contributed by atoms with van der Waals surface area (Å²) in [5.74, 6) is 1.77. The quantitative estimate of drug-likeness (QED) is 0.118. The van der Waals surface area contributed by atoms with Crippen molar-refractivity contribution in [3.05, 3.63) is 174 Å². The molecule has 0 fully saturated rings. The van der Waals surface area contributed by atoms with Gasteiger partial charge in [0.05, 0.1) is 11.2 Å². The van der Waals surface area contributed by atoms with Gasteiger partial charge in [-0.15, -0.1) is 12.0 Å². The van der Waals surface area contributed by atoms with Gasteiger partial charge in [-0.05, 0) is 62.4 Å². The number of likely N-dealkylation sites (N-methyl/N-ethyl adjacent to an activating group) is 1. The number of para-hydroxylation sites is 2. The van der Waals surface area contributed by atoms with Gasteiger partial charge in [0, 0.05) is 53.1 Å². The third-order valence-corrected chi connectivity index (χ3v) is 12.9. The van der Waals surface area contributed by atoms with E-state index < -0.39 is 8.07 Å². The largest absolute Gasteiger partial charge is 2.00 e. The zero-order valence-corrected chi connectivity index (χ0v) is 32.6. The molecule has 9 heteroatoms. The Morgan fingerprint density at radius 3 is 2.17 bits per heavy atom. The third-order valence-electron chi connectivity index (χ3n) is 10.3. The maximum absolute atomic E-state index is 6.50. The molecule has 0 radical (unpaired) electrons. The van der Waals surface area contributed by atoms with E-state index in [1.54, 1.807) is 6.26 Å². The van der Waals surface area contributed by atoms with Gasteiger partial charge in [-0.1, -0.05) is 96.2 Å². The monoisotopic (exact) mass is 891 g/mol. The Labute approximate surface area is 323 Å². The van der Waals surface area contributed by atoms with Crippen molar-refractivity contribution < 1.29 is 29.9 Å². The molecule has 4 aromatic heterocycles. The van der Waals surface area contributed by atoms with E-state index in [2.05, 4.69) is 143 Å². The topological polar surface area (TPSA) is 55.5 Å². The van der Waals surface area contributed by atoms with Crippen LogP contribution in [0.3, 0.4) is 0 Å². The molecule has 0 bridgehead atoms. The number of benzene rings is 4. The van der Waals surface area contributed by atoms with E-state index >= 15 is 0 Å². The van der Waals surface area contributed by atoms with E-state index in [9.17, 15) is 0 Å². The molecular formula is C44H35N5O2PPt+. The van der Waals surface area contributed by atoms with Crippen molar-refractivity contribution in [3.63, 3.8) is 0 Å². The molecular weight excluding hydrogens is 857 g/mol. The molecule has 0 saturated heterocycles. The number of furan rings is 2. The van der Waals surface area contributed by atoms with E-state index in [0.717, 1.165) is 34.0 Å². The summed E-state index contributed by atoms with van der Waals surface area (Å²) >= 11 is 0. The minimum atomic E-state index is -1.48. The molecule has 2 unspecified atom stereocenters. The Morgan fingerprint density at radius 2 is 1.49 bits per heavy atom. The number of aromatic nitrogens is 3. The van der Waals surface area contributed by atoms with Crippen LogP contribution in [0.25, 0.3) is 33.8 Å². The maximum atomic E-state index is 6.50. The molecule has 8 aromatic rings. The number of aryl methyl sites for hydroxylation is 2. The van der Waals surface area contributed by atoms with Crippen LogP contribution in [0.2, 0.25) is 0 Å². The van der Waals surface area contributed by atoms with Crippen LogP contribution in [0.5, 0.6) is 0 Å². The molecule has 0 amide bonds. The average Bonchev–Trinajstić information content (AvgIpc) is 3.99. The van der Waals surface area contributed by atoms with Crippen molar-refractivity contribution in [2.45, 2.75) is 25.8 Å². The van der Waals surface area contributed by atoms with Crippen molar-refractivity contribution in [2.75, 3.05) is 11.9 Å². The van der Waals surface area contributed by atoms with Gasteiger partial charge in [-0.25, -0.2) is 4.34 Å². The fraction of sp³-hybridized carbons (Fsp3) is 0.114. The summed E-state index contributed by atoms with van der Waals surface area (Å²) in [5, 5.41) is 9.37. The number of hydrogen-bond donors (Lipinski definition) is 0. The molecule has 1 aliphatic carbocycles. The molecule has 53 heavy (non-hydrogen) atoms. The van der Waals surface area contributed by atoms with Crippen molar-refractivity contribution >= 4 is 58.4 Å². The van der Waals surface area contributed by atoms with Gasteiger partial charge in [0.2, 0.25) is 0 Å². The molecule has 4 aromatic carbocycles. The van der Waals surface area contributed by atoms with Crippen molar-refractivity contribution in [1.82, 2.24) is 19.0 Å². The Bertz CT molecular complexity index is 2620. The average molecular weight is 892 g/mol. The summed E-state index contributed by atoms with van der Waals surface area (Å²) in [6, 6.07) is 46.8. The second-order valence-electron chi connectivity index (χ2n) is 13.5. The molecule has 262 valence electrons. The van der Waals surface area contributed by atoms with Gasteiger partial charge in [-0.2, -0.15) is 5.10 Å². The van der Waals surface area contributed by atoms with Crippen LogP contribution in [0, 0.1) is 26.0 Å². The van der Waals surface area contributed by atoms with Gasteiger partial charge >= 0.3 is 21.1 Å². The SMILES string of the molecule is Cc1cc(C)n(-c2coc3oc(N(C4=[C-]C5c6c(c7ccccc7n6[PH+](c6ccccc6)c6ccccc6)C=CC5N4C)c4ccccc4)[c-]c23)n1.[Pt+2]. The summed E-state index contributed by atoms with van der Waals surface area (Å²) < 4.78 is 17.0. The molecule has 7 nitrogen and oxygen atoms in total. The van der Waals surface area contributed by atoms with Gasteiger partial charge in [0.15, 0.2) is 13.9 Å². The smallest absolute Gasteiger partial charge is 0.502 e. The van der Waals surface area contributed by atoms with Crippen molar-refractivity contribution in [2.24, 2.45) is 0 Å².